The van der Waals surface area contributed by atoms with E-state index in [9.17, 15) is 4.79 Å². The second-order valence-corrected chi connectivity index (χ2v) is 10.2. The fourth-order valence-corrected chi connectivity index (χ4v) is 5.12. The summed E-state index contributed by atoms with van der Waals surface area (Å²) in [5.74, 6) is 1.30. The summed E-state index contributed by atoms with van der Waals surface area (Å²) in [5.41, 5.74) is 9.96. The van der Waals surface area contributed by atoms with Crippen LogP contribution in [0.5, 0.6) is 11.5 Å². The Kier molecular flexibility index (Phi) is 8.31. The Bertz CT molecular complexity index is 1570. The number of hydrogen-bond donors (Lipinski definition) is 1. The summed E-state index contributed by atoms with van der Waals surface area (Å²) in [5, 5.41) is 4.82. The Balaban J connectivity index is 1.48. The molecule has 0 spiro atoms. The standard InChI is InChI=1S/C29H36N8O4/c1-18-23(16-37(34-18)20-6-8-36(9-7-20)10-11-39-3)24-15-31-28(30)27(32-24)25-17-35(2)29(38)26(33-25)19-12-21(40-4)14-22(13-19)41-5/h12-17,20H,6-11H2,1-5H3,(H2,30,31). The lowest BCUT2D eigenvalue weighted by Crippen LogP contribution is -2.36. The molecule has 1 fully saturated rings. The lowest BCUT2D eigenvalue weighted by molar-refractivity contribution is 0.119. The van der Waals surface area contributed by atoms with Gasteiger partial charge in [-0.15, -0.1) is 0 Å². The number of rotatable bonds is 9. The lowest BCUT2D eigenvalue weighted by Gasteiger charge is -2.31. The third-order valence-corrected chi connectivity index (χ3v) is 7.47. The fraction of sp³-hybridized carbons (Fsp3) is 0.414. The van der Waals surface area contributed by atoms with E-state index in [0.717, 1.165) is 50.3 Å². The number of piperidine rings is 1. The van der Waals surface area contributed by atoms with E-state index in [0.29, 0.717) is 40.2 Å². The van der Waals surface area contributed by atoms with Gasteiger partial charge >= 0.3 is 0 Å². The minimum Gasteiger partial charge on any atom is -0.497 e. The van der Waals surface area contributed by atoms with E-state index in [4.69, 9.17) is 30.0 Å². The molecule has 2 N–H and O–H groups in total. The van der Waals surface area contributed by atoms with Crippen LogP contribution in [0.15, 0.2) is 41.6 Å². The number of ether oxygens (including phenoxy) is 3. The van der Waals surface area contributed by atoms with Gasteiger partial charge in [-0.1, -0.05) is 0 Å². The number of nitrogen functional groups attached to an aromatic ring is 1. The first-order chi connectivity index (χ1) is 19.8. The lowest BCUT2D eigenvalue weighted by atomic mass is 10.1. The number of benzene rings is 1. The highest BCUT2D eigenvalue weighted by atomic mass is 16.5. The summed E-state index contributed by atoms with van der Waals surface area (Å²) in [6, 6.07) is 5.52. The average molecular weight is 561 g/mol. The topological polar surface area (TPSA) is 135 Å². The number of likely N-dealkylation sites (tertiary alicyclic amines) is 1. The quantitative estimate of drug-likeness (QED) is 0.325. The average Bonchev–Trinajstić information content (AvgIpc) is 3.38. The van der Waals surface area contributed by atoms with Crippen molar-refractivity contribution in [1.29, 1.82) is 0 Å². The van der Waals surface area contributed by atoms with E-state index in [1.807, 2.05) is 13.1 Å². The SMILES string of the molecule is COCCN1CCC(n2cc(-c3cnc(N)c(-c4cn(C)c(=O)c(-c5cc(OC)cc(OC)c5)n4)n3)c(C)n2)CC1. The highest BCUT2D eigenvalue weighted by Crippen LogP contribution is 2.31. The zero-order chi connectivity index (χ0) is 29.1. The van der Waals surface area contributed by atoms with Crippen LogP contribution < -0.4 is 20.8 Å². The fourth-order valence-electron chi connectivity index (χ4n) is 5.12. The maximum atomic E-state index is 13.1. The minimum atomic E-state index is -0.280. The highest BCUT2D eigenvalue weighted by molar-refractivity contribution is 5.73. The molecule has 216 valence electrons. The largest absolute Gasteiger partial charge is 0.497 e. The summed E-state index contributed by atoms with van der Waals surface area (Å²) in [6.07, 6.45) is 7.33. The molecule has 12 nitrogen and oxygen atoms in total. The molecular formula is C29H36N8O4. The van der Waals surface area contributed by atoms with Crippen LogP contribution in [0.4, 0.5) is 5.82 Å². The monoisotopic (exact) mass is 560 g/mol. The van der Waals surface area contributed by atoms with Crippen molar-refractivity contribution < 1.29 is 14.2 Å². The van der Waals surface area contributed by atoms with Gasteiger partial charge in [-0.05, 0) is 31.9 Å². The van der Waals surface area contributed by atoms with Gasteiger partial charge in [-0.3, -0.25) is 9.48 Å². The van der Waals surface area contributed by atoms with Crippen LogP contribution >= 0.6 is 0 Å². The van der Waals surface area contributed by atoms with E-state index in [-0.39, 0.29) is 17.1 Å². The van der Waals surface area contributed by atoms with Gasteiger partial charge in [0.1, 0.15) is 28.6 Å². The molecule has 0 bridgehead atoms. The number of anilines is 1. The Morgan fingerprint density at radius 3 is 2.32 bits per heavy atom. The third-order valence-electron chi connectivity index (χ3n) is 7.47. The van der Waals surface area contributed by atoms with Gasteiger partial charge in [-0.2, -0.15) is 5.10 Å². The van der Waals surface area contributed by atoms with E-state index in [1.165, 1.54) is 4.57 Å². The molecule has 0 radical (unpaired) electrons. The van der Waals surface area contributed by atoms with Crippen molar-refractivity contribution in [1.82, 2.24) is 34.2 Å². The maximum Gasteiger partial charge on any atom is 0.276 e. The number of aromatic nitrogens is 6. The molecular weight excluding hydrogens is 524 g/mol. The van der Waals surface area contributed by atoms with E-state index >= 15 is 0 Å². The van der Waals surface area contributed by atoms with Crippen LogP contribution in [0.1, 0.15) is 24.6 Å². The molecule has 0 amide bonds. The molecule has 0 aliphatic carbocycles. The van der Waals surface area contributed by atoms with Gasteiger partial charge in [0, 0.05) is 63.4 Å². The first kappa shape index (κ1) is 28.2. The number of nitrogens with zero attached hydrogens (tertiary/aromatic N) is 7. The van der Waals surface area contributed by atoms with Crippen molar-refractivity contribution in [2.24, 2.45) is 7.05 Å². The molecule has 5 rings (SSSR count). The molecule has 3 aromatic heterocycles. The van der Waals surface area contributed by atoms with Crippen LogP contribution in [-0.2, 0) is 11.8 Å². The Hall–Kier alpha value is -4.29. The van der Waals surface area contributed by atoms with Gasteiger partial charge in [0.05, 0.1) is 44.5 Å². The predicted octanol–water partition coefficient (Wildman–Crippen LogP) is 2.96. The molecule has 1 aliphatic rings. The Morgan fingerprint density at radius 1 is 0.976 bits per heavy atom. The summed E-state index contributed by atoms with van der Waals surface area (Å²) in [6.45, 7) is 5.67. The number of nitrogens with two attached hydrogens (primary N) is 1. The predicted molar refractivity (Wildman–Crippen MR) is 156 cm³/mol. The smallest absolute Gasteiger partial charge is 0.276 e. The van der Waals surface area contributed by atoms with Crippen LogP contribution in [0.3, 0.4) is 0 Å². The Labute approximate surface area is 238 Å². The van der Waals surface area contributed by atoms with Crippen molar-refractivity contribution >= 4 is 5.82 Å². The molecule has 4 aromatic rings. The van der Waals surface area contributed by atoms with Crippen LogP contribution in [0, 0.1) is 6.92 Å². The molecule has 0 atom stereocenters. The molecule has 0 saturated carbocycles. The molecule has 1 aliphatic heterocycles. The summed E-state index contributed by atoms with van der Waals surface area (Å²) in [7, 11) is 6.51. The number of aryl methyl sites for hydroxylation is 2. The van der Waals surface area contributed by atoms with Crippen LogP contribution in [0.25, 0.3) is 33.9 Å². The van der Waals surface area contributed by atoms with Gasteiger partial charge in [0.15, 0.2) is 5.82 Å². The van der Waals surface area contributed by atoms with Crippen LogP contribution in [-0.4, -0.2) is 81.8 Å². The van der Waals surface area contributed by atoms with Gasteiger partial charge in [0.25, 0.3) is 5.56 Å². The van der Waals surface area contributed by atoms with Crippen molar-refractivity contribution in [3.63, 3.8) is 0 Å². The summed E-state index contributed by atoms with van der Waals surface area (Å²) in [4.78, 5) is 29.5. The molecule has 1 saturated heterocycles. The van der Waals surface area contributed by atoms with E-state index in [2.05, 4.69) is 19.5 Å². The van der Waals surface area contributed by atoms with Gasteiger partial charge in [0.2, 0.25) is 0 Å². The minimum absolute atomic E-state index is 0.211. The normalized spacial score (nSPS) is 14.4. The molecule has 4 heterocycles. The van der Waals surface area contributed by atoms with E-state index in [1.54, 1.807) is 59.0 Å². The number of methoxy groups -OCH3 is 3. The van der Waals surface area contributed by atoms with Crippen molar-refractivity contribution in [2.75, 3.05) is 53.3 Å². The first-order valence-corrected chi connectivity index (χ1v) is 13.5. The van der Waals surface area contributed by atoms with Gasteiger partial charge in [-0.25, -0.2) is 15.0 Å². The van der Waals surface area contributed by atoms with E-state index < -0.39 is 0 Å². The zero-order valence-electron chi connectivity index (χ0n) is 24.1. The van der Waals surface area contributed by atoms with Crippen molar-refractivity contribution in [2.45, 2.75) is 25.8 Å². The van der Waals surface area contributed by atoms with Gasteiger partial charge < -0.3 is 29.4 Å². The molecule has 41 heavy (non-hydrogen) atoms. The summed E-state index contributed by atoms with van der Waals surface area (Å²) < 4.78 is 19.5. The zero-order valence-corrected chi connectivity index (χ0v) is 24.1. The highest BCUT2D eigenvalue weighted by Gasteiger charge is 2.23. The van der Waals surface area contributed by atoms with Crippen molar-refractivity contribution in [3.8, 4) is 45.4 Å². The number of hydrogen-bond acceptors (Lipinski definition) is 10. The Morgan fingerprint density at radius 2 is 1.66 bits per heavy atom. The molecule has 12 heteroatoms. The maximum absolute atomic E-state index is 13.1. The second-order valence-electron chi connectivity index (χ2n) is 10.2. The summed E-state index contributed by atoms with van der Waals surface area (Å²) >= 11 is 0. The molecule has 0 unspecified atom stereocenters. The third kappa shape index (κ3) is 5.93. The first-order valence-electron chi connectivity index (χ1n) is 13.5. The second kappa shape index (κ2) is 12.1. The van der Waals surface area contributed by atoms with Crippen LogP contribution in [0.2, 0.25) is 0 Å². The molecule has 1 aromatic carbocycles. The van der Waals surface area contributed by atoms with Crippen molar-refractivity contribution in [3.05, 3.63) is 52.8 Å².